The number of aliphatic imine (C=N–C) groups is 1. The number of carbonyl (C=O) groups is 2. The maximum atomic E-state index is 12.4. The Hall–Kier alpha value is -3.32. The van der Waals surface area contributed by atoms with Gasteiger partial charge in [-0.15, -0.1) is 0 Å². The Morgan fingerprint density at radius 1 is 1.25 bits per heavy atom. The molecular formula is C21H18N4O2S. The fourth-order valence-electron chi connectivity index (χ4n) is 3.13. The van der Waals surface area contributed by atoms with Gasteiger partial charge in [-0.05, 0) is 48.5 Å². The summed E-state index contributed by atoms with van der Waals surface area (Å²) in [5.41, 5.74) is 9.00. The lowest BCUT2D eigenvalue weighted by Crippen LogP contribution is -2.19. The van der Waals surface area contributed by atoms with E-state index in [0.29, 0.717) is 10.1 Å². The minimum Gasteiger partial charge on any atom is -0.368 e. The molecule has 0 bridgehead atoms. The Bertz CT molecular complexity index is 1160. The molecule has 4 rings (SSSR count). The number of para-hydroxylation sites is 1. The van der Waals surface area contributed by atoms with Crippen LogP contribution in [0.5, 0.6) is 0 Å². The topological polar surface area (TPSA) is 89.5 Å². The molecule has 0 spiro atoms. The van der Waals surface area contributed by atoms with Gasteiger partial charge in [-0.3, -0.25) is 9.59 Å². The molecule has 0 atom stereocenters. The molecular weight excluding hydrogens is 372 g/mol. The van der Waals surface area contributed by atoms with E-state index in [1.54, 1.807) is 4.57 Å². The van der Waals surface area contributed by atoms with E-state index >= 15 is 0 Å². The lowest BCUT2D eigenvalue weighted by molar-refractivity contribution is -0.118. The number of primary amides is 1. The van der Waals surface area contributed by atoms with Crippen LogP contribution in [0.3, 0.4) is 0 Å². The van der Waals surface area contributed by atoms with Crippen LogP contribution in [-0.2, 0) is 16.1 Å². The van der Waals surface area contributed by atoms with Gasteiger partial charge < -0.3 is 15.6 Å². The molecule has 1 aliphatic heterocycles. The second-order valence-corrected chi connectivity index (χ2v) is 7.55. The summed E-state index contributed by atoms with van der Waals surface area (Å²) in [7, 11) is 0. The van der Waals surface area contributed by atoms with E-state index in [9.17, 15) is 9.59 Å². The molecule has 28 heavy (non-hydrogen) atoms. The number of hydrogen-bond acceptors (Lipinski definition) is 4. The summed E-state index contributed by atoms with van der Waals surface area (Å²) in [6.45, 7) is 2.08. The minimum absolute atomic E-state index is 0.0864. The molecule has 0 radical (unpaired) electrons. The molecule has 0 unspecified atom stereocenters. The van der Waals surface area contributed by atoms with Crippen molar-refractivity contribution in [1.29, 1.82) is 0 Å². The number of aryl methyl sites for hydroxylation is 1. The molecule has 7 heteroatoms. The first kappa shape index (κ1) is 18.1. The van der Waals surface area contributed by atoms with Crippen molar-refractivity contribution in [3.8, 4) is 0 Å². The number of fused-ring (bicyclic) bond motifs is 1. The van der Waals surface area contributed by atoms with Gasteiger partial charge in [0.05, 0.1) is 10.6 Å². The van der Waals surface area contributed by atoms with E-state index in [1.807, 2.05) is 67.7 Å². The van der Waals surface area contributed by atoms with Gasteiger partial charge in [0.2, 0.25) is 5.91 Å². The molecule has 0 saturated carbocycles. The van der Waals surface area contributed by atoms with Crippen molar-refractivity contribution < 1.29 is 9.59 Å². The number of nitrogens with one attached hydrogen (secondary N) is 1. The van der Waals surface area contributed by atoms with E-state index in [4.69, 9.17) is 5.73 Å². The summed E-state index contributed by atoms with van der Waals surface area (Å²) in [5.74, 6) is -0.608. The SMILES string of the molecule is Cc1cccc(N=C2NC(=O)/C(=C/c3cn(CC(N)=O)c4ccccc34)S2)c1. The quantitative estimate of drug-likeness (QED) is 0.670. The molecule has 3 N–H and O–H groups in total. The van der Waals surface area contributed by atoms with Crippen LogP contribution in [0.1, 0.15) is 11.1 Å². The van der Waals surface area contributed by atoms with Crippen molar-refractivity contribution in [3.63, 3.8) is 0 Å². The summed E-state index contributed by atoms with van der Waals surface area (Å²) in [6.07, 6.45) is 3.66. The number of benzene rings is 2. The monoisotopic (exact) mass is 390 g/mol. The lowest BCUT2D eigenvalue weighted by atomic mass is 10.1. The van der Waals surface area contributed by atoms with Crippen LogP contribution in [-0.4, -0.2) is 21.5 Å². The molecule has 2 heterocycles. The predicted molar refractivity (Wildman–Crippen MR) is 113 cm³/mol. The van der Waals surface area contributed by atoms with E-state index in [-0.39, 0.29) is 12.5 Å². The minimum atomic E-state index is -0.416. The van der Waals surface area contributed by atoms with Gasteiger partial charge in [0.1, 0.15) is 6.54 Å². The largest absolute Gasteiger partial charge is 0.368 e. The van der Waals surface area contributed by atoms with Gasteiger partial charge in [-0.2, -0.15) is 0 Å². The number of nitrogens with zero attached hydrogens (tertiary/aromatic N) is 2. The fraction of sp³-hybridized carbons (Fsp3) is 0.0952. The standard InChI is InChI=1S/C21H18N4O2S/c1-13-5-4-6-15(9-13)23-21-24-20(27)18(28-21)10-14-11-25(12-19(22)26)17-8-3-2-7-16(14)17/h2-11H,12H2,1H3,(H2,22,26)(H,23,24,27)/b18-10-. The molecule has 2 aromatic carbocycles. The van der Waals surface area contributed by atoms with E-state index < -0.39 is 5.91 Å². The van der Waals surface area contributed by atoms with Crippen molar-refractivity contribution in [2.24, 2.45) is 10.7 Å². The summed E-state index contributed by atoms with van der Waals surface area (Å²) < 4.78 is 1.79. The van der Waals surface area contributed by atoms with E-state index in [0.717, 1.165) is 27.7 Å². The summed E-state index contributed by atoms with van der Waals surface area (Å²) in [6, 6.07) is 15.5. The summed E-state index contributed by atoms with van der Waals surface area (Å²) in [5, 5.41) is 4.30. The van der Waals surface area contributed by atoms with Crippen LogP contribution in [0.15, 0.2) is 64.6 Å². The Morgan fingerprint density at radius 3 is 2.86 bits per heavy atom. The zero-order valence-corrected chi connectivity index (χ0v) is 16.0. The van der Waals surface area contributed by atoms with Crippen LogP contribution < -0.4 is 11.1 Å². The number of carbonyl (C=O) groups excluding carboxylic acids is 2. The first-order chi connectivity index (χ1) is 13.5. The molecule has 3 aromatic rings. The van der Waals surface area contributed by atoms with Crippen molar-refractivity contribution in [2.75, 3.05) is 0 Å². The van der Waals surface area contributed by atoms with Gasteiger partial charge in [0.25, 0.3) is 5.91 Å². The molecule has 1 aromatic heterocycles. The molecule has 1 fully saturated rings. The van der Waals surface area contributed by atoms with Crippen molar-refractivity contribution in [1.82, 2.24) is 9.88 Å². The van der Waals surface area contributed by atoms with Crippen LogP contribution in [0, 0.1) is 6.92 Å². The Balaban J connectivity index is 1.68. The van der Waals surface area contributed by atoms with Crippen LogP contribution in [0.2, 0.25) is 0 Å². The number of rotatable bonds is 4. The van der Waals surface area contributed by atoms with Crippen LogP contribution >= 0.6 is 11.8 Å². The third-order valence-corrected chi connectivity index (χ3v) is 5.23. The van der Waals surface area contributed by atoms with E-state index in [2.05, 4.69) is 10.3 Å². The number of thioether (sulfide) groups is 1. The normalized spacial score (nSPS) is 16.8. The van der Waals surface area contributed by atoms with Gasteiger partial charge in [0, 0.05) is 22.7 Å². The average molecular weight is 390 g/mol. The Labute approximate surface area is 166 Å². The zero-order valence-electron chi connectivity index (χ0n) is 15.2. The van der Waals surface area contributed by atoms with Gasteiger partial charge in [0.15, 0.2) is 5.17 Å². The first-order valence-electron chi connectivity index (χ1n) is 8.72. The Kier molecular flexibility index (Phi) is 4.75. The maximum absolute atomic E-state index is 12.4. The third kappa shape index (κ3) is 3.70. The van der Waals surface area contributed by atoms with Crippen molar-refractivity contribution in [2.45, 2.75) is 13.5 Å². The van der Waals surface area contributed by atoms with Crippen molar-refractivity contribution >= 4 is 51.4 Å². The highest BCUT2D eigenvalue weighted by atomic mass is 32.2. The van der Waals surface area contributed by atoms with Gasteiger partial charge in [-0.1, -0.05) is 30.3 Å². The molecule has 6 nitrogen and oxygen atoms in total. The summed E-state index contributed by atoms with van der Waals surface area (Å²) in [4.78, 5) is 28.8. The molecule has 2 amide bonds. The highest BCUT2D eigenvalue weighted by Gasteiger charge is 2.24. The molecule has 1 aliphatic rings. The zero-order chi connectivity index (χ0) is 19.7. The second kappa shape index (κ2) is 7.36. The number of aromatic nitrogens is 1. The highest BCUT2D eigenvalue weighted by Crippen LogP contribution is 2.31. The van der Waals surface area contributed by atoms with E-state index in [1.165, 1.54) is 11.8 Å². The maximum Gasteiger partial charge on any atom is 0.264 e. The number of amidine groups is 1. The fourth-order valence-corrected chi connectivity index (χ4v) is 3.96. The lowest BCUT2D eigenvalue weighted by Gasteiger charge is -2.00. The number of hydrogen-bond donors (Lipinski definition) is 2. The van der Waals surface area contributed by atoms with Crippen LogP contribution in [0.4, 0.5) is 5.69 Å². The highest BCUT2D eigenvalue weighted by molar-refractivity contribution is 8.18. The number of nitrogens with two attached hydrogens (primary N) is 1. The van der Waals surface area contributed by atoms with Gasteiger partial charge in [-0.25, -0.2) is 4.99 Å². The summed E-state index contributed by atoms with van der Waals surface area (Å²) >= 11 is 1.30. The number of amides is 2. The molecule has 1 saturated heterocycles. The smallest absolute Gasteiger partial charge is 0.264 e. The molecule has 0 aliphatic carbocycles. The predicted octanol–water partition coefficient (Wildman–Crippen LogP) is 3.33. The second-order valence-electron chi connectivity index (χ2n) is 6.52. The Morgan fingerprint density at radius 2 is 2.07 bits per heavy atom. The first-order valence-corrected chi connectivity index (χ1v) is 9.54. The average Bonchev–Trinajstić information content (AvgIpc) is 3.16. The van der Waals surface area contributed by atoms with Gasteiger partial charge >= 0.3 is 0 Å². The molecule has 140 valence electrons. The third-order valence-electron chi connectivity index (χ3n) is 4.32. The van der Waals surface area contributed by atoms with Crippen molar-refractivity contribution in [3.05, 3.63) is 70.8 Å². The van der Waals surface area contributed by atoms with Crippen LogP contribution in [0.25, 0.3) is 17.0 Å².